The molecule has 1 atom stereocenters. The Balaban J connectivity index is 1.71. The van der Waals surface area contributed by atoms with Crippen LogP contribution in [-0.4, -0.2) is 24.4 Å². The van der Waals surface area contributed by atoms with Crippen molar-refractivity contribution in [2.45, 2.75) is 25.5 Å². The molecule has 150 valence electrons. The average Bonchev–Trinajstić information content (AvgIpc) is 3.31. The molecule has 0 spiro atoms. The van der Waals surface area contributed by atoms with E-state index in [0.717, 1.165) is 16.9 Å². The Morgan fingerprint density at radius 3 is 2.69 bits per heavy atom. The third-order valence-electron chi connectivity index (χ3n) is 4.72. The van der Waals surface area contributed by atoms with Crippen LogP contribution in [0.3, 0.4) is 0 Å². The topological polar surface area (TPSA) is 67.4 Å². The predicted molar refractivity (Wildman–Crippen MR) is 106 cm³/mol. The number of alkyl halides is 2. The molecule has 5 nitrogen and oxygen atoms in total. The first-order valence-electron chi connectivity index (χ1n) is 9.13. The molecule has 2 aromatic carbocycles. The number of carbonyl (C=O) groups is 2. The summed E-state index contributed by atoms with van der Waals surface area (Å²) < 4.78 is 33.8. The fraction of sp³-hybridized carbons (Fsp3) is 0.238. The van der Waals surface area contributed by atoms with Crippen LogP contribution in [0.1, 0.15) is 33.6 Å². The second kappa shape index (κ2) is 8.16. The number of rotatable bonds is 6. The number of ether oxygens (including phenoxy) is 1. The van der Waals surface area contributed by atoms with Gasteiger partial charge in [0, 0.05) is 16.6 Å². The highest BCUT2D eigenvalue weighted by molar-refractivity contribution is 7.19. The van der Waals surface area contributed by atoms with Crippen molar-refractivity contribution in [1.29, 1.82) is 0 Å². The summed E-state index contributed by atoms with van der Waals surface area (Å²) in [6.07, 6.45) is -2.39. The number of carbonyl (C=O) groups excluding carboxylic acids is 2. The van der Waals surface area contributed by atoms with Crippen LogP contribution in [0.25, 0.3) is 10.1 Å². The van der Waals surface area contributed by atoms with E-state index in [4.69, 9.17) is 4.74 Å². The first kappa shape index (κ1) is 19.3. The molecule has 0 aliphatic carbocycles. The van der Waals surface area contributed by atoms with Gasteiger partial charge in [-0.15, -0.1) is 11.3 Å². The van der Waals surface area contributed by atoms with E-state index in [1.54, 1.807) is 18.2 Å². The first-order valence-corrected chi connectivity index (χ1v) is 9.95. The fourth-order valence-corrected chi connectivity index (χ4v) is 4.41. The van der Waals surface area contributed by atoms with Crippen molar-refractivity contribution in [2.24, 2.45) is 0 Å². The van der Waals surface area contributed by atoms with Gasteiger partial charge in [0.05, 0.1) is 10.4 Å². The van der Waals surface area contributed by atoms with Crippen LogP contribution in [0.4, 0.5) is 8.78 Å². The standard InChI is InChI=1S/C21H18F2N2O3S/c22-19(23)18-17(21(27)25-13-9-10-24-20(13)26)16-14(7-4-8-15(16)29-18)28-11-12-5-2-1-3-6-12/h1-8,13,19H,9-11H2,(H,24,26)(H,25,27). The Hall–Kier alpha value is -3.00. The van der Waals surface area contributed by atoms with Crippen LogP contribution in [-0.2, 0) is 11.4 Å². The average molecular weight is 416 g/mol. The van der Waals surface area contributed by atoms with Gasteiger partial charge in [-0.1, -0.05) is 36.4 Å². The molecule has 2 N–H and O–H groups in total. The Morgan fingerprint density at radius 1 is 1.21 bits per heavy atom. The maximum absolute atomic E-state index is 13.7. The van der Waals surface area contributed by atoms with Crippen molar-refractivity contribution in [1.82, 2.24) is 10.6 Å². The van der Waals surface area contributed by atoms with Crippen LogP contribution in [0.5, 0.6) is 5.75 Å². The lowest BCUT2D eigenvalue weighted by molar-refractivity contribution is -0.120. The molecule has 4 rings (SSSR count). The maximum Gasteiger partial charge on any atom is 0.273 e. The molecule has 0 bridgehead atoms. The number of thiophene rings is 1. The lowest BCUT2D eigenvalue weighted by Gasteiger charge is -2.13. The van der Waals surface area contributed by atoms with Crippen LogP contribution in [0, 0.1) is 0 Å². The molecule has 1 fully saturated rings. The van der Waals surface area contributed by atoms with Crippen molar-refractivity contribution in [3.63, 3.8) is 0 Å². The minimum atomic E-state index is -2.81. The number of hydrogen-bond donors (Lipinski definition) is 2. The molecule has 0 radical (unpaired) electrons. The van der Waals surface area contributed by atoms with E-state index in [-0.39, 0.29) is 23.0 Å². The highest BCUT2D eigenvalue weighted by atomic mass is 32.1. The van der Waals surface area contributed by atoms with Gasteiger partial charge in [0.2, 0.25) is 5.91 Å². The lowest BCUT2D eigenvalue weighted by Crippen LogP contribution is -2.40. The number of halogens is 2. The zero-order valence-corrected chi connectivity index (χ0v) is 16.1. The Kier molecular flexibility index (Phi) is 5.44. The molecular weight excluding hydrogens is 398 g/mol. The zero-order valence-electron chi connectivity index (χ0n) is 15.3. The van der Waals surface area contributed by atoms with Gasteiger partial charge in [0.15, 0.2) is 0 Å². The summed E-state index contributed by atoms with van der Waals surface area (Å²) in [7, 11) is 0. The van der Waals surface area contributed by atoms with Crippen molar-refractivity contribution >= 4 is 33.2 Å². The first-order chi connectivity index (χ1) is 14.0. The molecular formula is C21H18F2N2O3S. The van der Waals surface area contributed by atoms with Crippen molar-refractivity contribution in [2.75, 3.05) is 6.54 Å². The van der Waals surface area contributed by atoms with Crippen LogP contribution in [0.15, 0.2) is 48.5 Å². The van der Waals surface area contributed by atoms with E-state index >= 15 is 0 Å². The van der Waals surface area contributed by atoms with E-state index in [1.807, 2.05) is 30.3 Å². The van der Waals surface area contributed by atoms with Crippen molar-refractivity contribution in [3.8, 4) is 5.75 Å². The Bertz CT molecular complexity index is 1050. The molecule has 8 heteroatoms. The summed E-state index contributed by atoms with van der Waals surface area (Å²) in [6.45, 7) is 0.688. The molecule has 2 heterocycles. The molecule has 1 saturated heterocycles. The lowest BCUT2D eigenvalue weighted by atomic mass is 10.1. The molecule has 1 aliphatic rings. The summed E-state index contributed by atoms with van der Waals surface area (Å²) in [5.41, 5.74) is 0.797. The number of nitrogens with one attached hydrogen (secondary N) is 2. The van der Waals surface area contributed by atoms with Gasteiger partial charge in [-0.2, -0.15) is 0 Å². The number of benzene rings is 2. The second-order valence-electron chi connectivity index (χ2n) is 6.65. The van der Waals surface area contributed by atoms with Gasteiger partial charge in [-0.25, -0.2) is 8.78 Å². The zero-order chi connectivity index (χ0) is 20.4. The molecule has 1 aliphatic heterocycles. The SMILES string of the molecule is O=C(NC1CCNC1=O)c1c(C(F)F)sc2cccc(OCc3ccccc3)c12. The third kappa shape index (κ3) is 3.93. The summed E-state index contributed by atoms with van der Waals surface area (Å²) in [4.78, 5) is 24.4. The minimum absolute atomic E-state index is 0.122. The third-order valence-corrected chi connectivity index (χ3v) is 5.88. The van der Waals surface area contributed by atoms with Gasteiger partial charge in [-0.05, 0) is 24.1 Å². The molecule has 1 aromatic heterocycles. The number of hydrogen-bond acceptors (Lipinski definition) is 4. The number of amides is 2. The van der Waals surface area contributed by atoms with Crippen molar-refractivity contribution < 1.29 is 23.1 Å². The van der Waals surface area contributed by atoms with Crippen LogP contribution in [0.2, 0.25) is 0 Å². The van der Waals surface area contributed by atoms with Gasteiger partial charge < -0.3 is 15.4 Å². The summed E-state index contributed by atoms with van der Waals surface area (Å²) >= 11 is 0.863. The second-order valence-corrected chi connectivity index (χ2v) is 7.74. The maximum atomic E-state index is 13.7. The highest BCUT2D eigenvalue weighted by Gasteiger charge is 2.31. The predicted octanol–water partition coefficient (Wildman–Crippen LogP) is 4.04. The molecule has 0 saturated carbocycles. The summed E-state index contributed by atoms with van der Waals surface area (Å²) in [6, 6.07) is 13.8. The minimum Gasteiger partial charge on any atom is -0.488 e. The fourth-order valence-electron chi connectivity index (χ4n) is 3.33. The molecule has 3 aromatic rings. The van der Waals surface area contributed by atoms with E-state index in [2.05, 4.69) is 10.6 Å². The molecule has 1 unspecified atom stereocenters. The van der Waals surface area contributed by atoms with Crippen LogP contribution < -0.4 is 15.4 Å². The van der Waals surface area contributed by atoms with Crippen LogP contribution >= 0.6 is 11.3 Å². The highest BCUT2D eigenvalue weighted by Crippen LogP contribution is 2.42. The Morgan fingerprint density at radius 2 is 2.00 bits per heavy atom. The largest absolute Gasteiger partial charge is 0.488 e. The number of fused-ring (bicyclic) bond motifs is 1. The normalized spacial score (nSPS) is 16.2. The van der Waals surface area contributed by atoms with E-state index in [0.29, 0.717) is 28.8 Å². The van der Waals surface area contributed by atoms with E-state index < -0.39 is 18.4 Å². The van der Waals surface area contributed by atoms with Gasteiger partial charge in [0.1, 0.15) is 18.4 Å². The quantitative estimate of drug-likeness (QED) is 0.638. The van der Waals surface area contributed by atoms with Gasteiger partial charge >= 0.3 is 0 Å². The monoisotopic (exact) mass is 416 g/mol. The van der Waals surface area contributed by atoms with E-state index in [9.17, 15) is 18.4 Å². The van der Waals surface area contributed by atoms with Gasteiger partial charge in [0.25, 0.3) is 12.3 Å². The Labute approximate surface area is 169 Å². The van der Waals surface area contributed by atoms with Gasteiger partial charge in [-0.3, -0.25) is 9.59 Å². The smallest absolute Gasteiger partial charge is 0.273 e. The summed E-state index contributed by atoms with van der Waals surface area (Å²) in [5, 5.41) is 5.55. The van der Waals surface area contributed by atoms with Crippen molar-refractivity contribution in [3.05, 3.63) is 64.5 Å². The molecule has 2 amide bonds. The van der Waals surface area contributed by atoms with E-state index in [1.165, 1.54) is 0 Å². The molecule has 29 heavy (non-hydrogen) atoms. The summed E-state index contributed by atoms with van der Waals surface area (Å²) in [5.74, 6) is -0.642.